The number of rotatable bonds is 7. The molecule has 0 unspecified atom stereocenters. The summed E-state index contributed by atoms with van der Waals surface area (Å²) < 4.78 is 10.7. The van der Waals surface area contributed by atoms with Gasteiger partial charge in [0.1, 0.15) is 5.75 Å². The Morgan fingerprint density at radius 1 is 0.947 bits per heavy atom. The molecule has 0 saturated carbocycles. The van der Waals surface area contributed by atoms with Gasteiger partial charge in [0.05, 0.1) is 13.0 Å². The van der Waals surface area contributed by atoms with Crippen molar-refractivity contribution in [3.05, 3.63) is 101 Å². The minimum atomic E-state index is -0.307. The van der Waals surface area contributed by atoms with E-state index < -0.39 is 0 Å². The van der Waals surface area contributed by atoms with Crippen molar-refractivity contribution in [3.8, 4) is 5.75 Å². The molecule has 5 rings (SSSR count). The lowest BCUT2D eigenvalue weighted by Crippen LogP contribution is -2.61. The standard InChI is InChI=1S/C33H37NO4/c1-24(35)38-30-15-9-14-29(19-30)33-16-17-34(22-28(31(36)37-3)18-25-10-5-4-6-11-25)23-32(33,2)20-26-12-7-8-13-27(26)21-33/h4-15,19,28H,16-18,20-23H2,1-3H3/t28-,32-,33-/m0/s1. The van der Waals surface area contributed by atoms with Crippen LogP contribution in [-0.4, -0.2) is 43.6 Å². The molecule has 198 valence electrons. The average molecular weight is 512 g/mol. The number of benzene rings is 3. The SMILES string of the molecule is COC(=O)[C@@H](Cc1ccccc1)CN1CC[C@@]2(c3cccc(OC(C)=O)c3)Cc3ccccc3C[C@@]2(C)C1. The maximum absolute atomic E-state index is 12.8. The van der Waals surface area contributed by atoms with Crippen LogP contribution in [0.3, 0.4) is 0 Å². The lowest BCUT2D eigenvalue weighted by atomic mass is 9.50. The molecule has 0 spiro atoms. The molecule has 3 atom stereocenters. The van der Waals surface area contributed by atoms with Crippen LogP contribution in [0.15, 0.2) is 78.9 Å². The summed E-state index contributed by atoms with van der Waals surface area (Å²) in [6.45, 7) is 6.27. The second-order valence-electron chi connectivity index (χ2n) is 11.3. The highest BCUT2D eigenvalue weighted by molar-refractivity contribution is 5.73. The summed E-state index contributed by atoms with van der Waals surface area (Å²) in [7, 11) is 1.48. The van der Waals surface area contributed by atoms with Gasteiger partial charge in [0.15, 0.2) is 0 Å². The summed E-state index contributed by atoms with van der Waals surface area (Å²) in [5.74, 6) is -0.0827. The number of carbonyl (C=O) groups is 2. The quantitative estimate of drug-likeness (QED) is 0.314. The van der Waals surface area contributed by atoms with Gasteiger partial charge < -0.3 is 14.4 Å². The number of esters is 2. The summed E-state index contributed by atoms with van der Waals surface area (Å²) >= 11 is 0. The molecule has 5 nitrogen and oxygen atoms in total. The summed E-state index contributed by atoms with van der Waals surface area (Å²) in [6, 6.07) is 27.1. The zero-order valence-corrected chi connectivity index (χ0v) is 22.6. The lowest BCUT2D eigenvalue weighted by Gasteiger charge is -2.58. The first-order chi connectivity index (χ1) is 18.3. The van der Waals surface area contributed by atoms with Crippen molar-refractivity contribution < 1.29 is 19.1 Å². The van der Waals surface area contributed by atoms with E-state index in [0.717, 1.165) is 37.9 Å². The summed E-state index contributed by atoms with van der Waals surface area (Å²) in [4.78, 5) is 27.0. The smallest absolute Gasteiger partial charge is 0.310 e. The highest BCUT2D eigenvalue weighted by Gasteiger charge is 2.55. The van der Waals surface area contributed by atoms with E-state index in [1.54, 1.807) is 0 Å². The van der Waals surface area contributed by atoms with Gasteiger partial charge >= 0.3 is 11.9 Å². The Morgan fingerprint density at radius 3 is 2.37 bits per heavy atom. The van der Waals surface area contributed by atoms with Crippen LogP contribution in [0, 0.1) is 11.3 Å². The first-order valence-electron chi connectivity index (χ1n) is 13.5. The fraction of sp³-hybridized carbons (Fsp3) is 0.394. The number of fused-ring (bicyclic) bond motifs is 2. The molecular weight excluding hydrogens is 474 g/mol. The van der Waals surface area contributed by atoms with Crippen molar-refractivity contribution in [2.75, 3.05) is 26.7 Å². The first kappa shape index (κ1) is 26.2. The third-order valence-corrected chi connectivity index (χ3v) is 8.76. The predicted molar refractivity (Wildman–Crippen MR) is 148 cm³/mol. The van der Waals surface area contributed by atoms with Crippen LogP contribution in [0.25, 0.3) is 0 Å². The van der Waals surface area contributed by atoms with Crippen molar-refractivity contribution >= 4 is 11.9 Å². The summed E-state index contributed by atoms with van der Waals surface area (Å²) in [6.07, 6.45) is 3.53. The molecule has 0 aromatic heterocycles. The Morgan fingerprint density at radius 2 is 1.66 bits per heavy atom. The molecule has 1 heterocycles. The van der Waals surface area contributed by atoms with Crippen LogP contribution in [0.5, 0.6) is 5.75 Å². The van der Waals surface area contributed by atoms with E-state index >= 15 is 0 Å². The fourth-order valence-electron chi connectivity index (χ4n) is 6.92. The minimum Gasteiger partial charge on any atom is -0.469 e. The van der Waals surface area contributed by atoms with Crippen LogP contribution in [0.2, 0.25) is 0 Å². The van der Waals surface area contributed by atoms with Crippen LogP contribution < -0.4 is 4.74 Å². The van der Waals surface area contributed by atoms with Gasteiger partial charge in [-0.2, -0.15) is 0 Å². The van der Waals surface area contributed by atoms with E-state index in [0.29, 0.717) is 18.7 Å². The highest BCUT2D eigenvalue weighted by Crippen LogP contribution is 2.55. The van der Waals surface area contributed by atoms with Gasteiger partial charge in [0.25, 0.3) is 0 Å². The molecule has 1 aliphatic carbocycles. The minimum absolute atomic E-state index is 0.0676. The number of carbonyl (C=O) groups excluding carboxylic acids is 2. The van der Waals surface area contributed by atoms with Crippen molar-refractivity contribution in [3.63, 3.8) is 0 Å². The third-order valence-electron chi connectivity index (χ3n) is 8.76. The topological polar surface area (TPSA) is 55.8 Å². The van der Waals surface area contributed by atoms with E-state index in [4.69, 9.17) is 9.47 Å². The largest absolute Gasteiger partial charge is 0.469 e. The Kier molecular flexibility index (Phi) is 7.40. The van der Waals surface area contributed by atoms with Gasteiger partial charge in [-0.05, 0) is 72.0 Å². The molecule has 3 aromatic rings. The predicted octanol–water partition coefficient (Wildman–Crippen LogP) is 5.39. The molecule has 0 bridgehead atoms. The fourth-order valence-corrected chi connectivity index (χ4v) is 6.92. The van der Waals surface area contributed by atoms with Crippen molar-refractivity contribution in [1.82, 2.24) is 4.90 Å². The summed E-state index contributed by atoms with van der Waals surface area (Å²) in [5, 5.41) is 0. The first-order valence-corrected chi connectivity index (χ1v) is 13.5. The molecule has 3 aromatic carbocycles. The number of likely N-dealkylation sites (tertiary alicyclic amines) is 1. The normalized spacial score (nSPS) is 23.6. The molecule has 5 heteroatoms. The van der Waals surface area contributed by atoms with Gasteiger partial charge in [-0.25, -0.2) is 0 Å². The van der Waals surface area contributed by atoms with Gasteiger partial charge in [0, 0.05) is 25.4 Å². The number of hydrogen-bond acceptors (Lipinski definition) is 5. The van der Waals surface area contributed by atoms with Crippen LogP contribution >= 0.6 is 0 Å². The molecule has 1 aliphatic heterocycles. The zero-order valence-electron chi connectivity index (χ0n) is 22.6. The van der Waals surface area contributed by atoms with Crippen LogP contribution in [0.4, 0.5) is 0 Å². The molecule has 2 aliphatic rings. The number of methoxy groups -OCH3 is 1. The van der Waals surface area contributed by atoms with Crippen molar-refractivity contribution in [2.24, 2.45) is 11.3 Å². The average Bonchev–Trinajstić information content (AvgIpc) is 2.91. The Hall–Kier alpha value is -3.44. The number of nitrogens with zero attached hydrogens (tertiary/aromatic N) is 1. The zero-order chi connectivity index (χ0) is 26.8. The van der Waals surface area contributed by atoms with Crippen molar-refractivity contribution in [1.29, 1.82) is 0 Å². The third kappa shape index (κ3) is 5.12. The molecule has 0 N–H and O–H groups in total. The van der Waals surface area contributed by atoms with Gasteiger partial charge in [-0.1, -0.05) is 73.7 Å². The van der Waals surface area contributed by atoms with E-state index in [2.05, 4.69) is 60.4 Å². The molecule has 1 saturated heterocycles. The highest BCUT2D eigenvalue weighted by atomic mass is 16.5. The molecule has 1 fully saturated rings. The Balaban J connectivity index is 1.47. The van der Waals surface area contributed by atoms with E-state index in [9.17, 15) is 9.59 Å². The van der Waals surface area contributed by atoms with Gasteiger partial charge in [0.2, 0.25) is 0 Å². The maximum Gasteiger partial charge on any atom is 0.310 e. The Bertz CT molecular complexity index is 1310. The van der Waals surface area contributed by atoms with E-state index in [-0.39, 0.29) is 28.7 Å². The van der Waals surface area contributed by atoms with Crippen LogP contribution in [0.1, 0.15) is 42.5 Å². The molecular formula is C33H37NO4. The van der Waals surface area contributed by atoms with Gasteiger partial charge in [-0.15, -0.1) is 0 Å². The van der Waals surface area contributed by atoms with Crippen molar-refractivity contribution in [2.45, 2.75) is 44.9 Å². The van der Waals surface area contributed by atoms with E-state index in [1.165, 1.54) is 30.7 Å². The maximum atomic E-state index is 12.8. The molecule has 38 heavy (non-hydrogen) atoms. The lowest BCUT2D eigenvalue weighted by molar-refractivity contribution is -0.146. The van der Waals surface area contributed by atoms with Crippen LogP contribution in [-0.2, 0) is 39.0 Å². The number of ether oxygens (including phenoxy) is 2. The second kappa shape index (κ2) is 10.7. The van der Waals surface area contributed by atoms with Gasteiger partial charge in [-0.3, -0.25) is 9.59 Å². The molecule has 0 radical (unpaired) electrons. The second-order valence-corrected chi connectivity index (χ2v) is 11.3. The Labute approximate surface area is 225 Å². The number of hydrogen-bond donors (Lipinski definition) is 0. The van der Waals surface area contributed by atoms with E-state index in [1.807, 2.05) is 30.3 Å². The monoisotopic (exact) mass is 511 g/mol. The summed E-state index contributed by atoms with van der Waals surface area (Å²) in [5.41, 5.74) is 5.00. The molecule has 0 amide bonds. The number of piperidine rings is 1.